The van der Waals surface area contributed by atoms with E-state index in [1.165, 1.54) is 6.26 Å². The average molecular weight is 364 g/mol. The normalized spacial score (nSPS) is 11.6. The van der Waals surface area contributed by atoms with E-state index >= 15 is 0 Å². The van der Waals surface area contributed by atoms with Gasteiger partial charge in [0.1, 0.15) is 12.0 Å². The van der Waals surface area contributed by atoms with Crippen LogP contribution in [0.4, 0.5) is 0 Å². The molecule has 0 aliphatic rings. The molecule has 1 aromatic carbocycles. The lowest BCUT2D eigenvalue weighted by Crippen LogP contribution is -2.33. The van der Waals surface area contributed by atoms with Gasteiger partial charge in [-0.05, 0) is 37.1 Å². The predicted molar refractivity (Wildman–Crippen MR) is 90.9 cm³/mol. The number of carbonyl (C=O) groups is 1. The minimum absolute atomic E-state index is 0. The molecule has 0 radical (unpaired) electrons. The fourth-order valence-electron chi connectivity index (χ4n) is 1.98. The van der Waals surface area contributed by atoms with E-state index in [1.807, 2.05) is 13.0 Å². The van der Waals surface area contributed by atoms with Gasteiger partial charge in [0.05, 0.1) is 12.1 Å². The monoisotopic (exact) mass is 362 g/mol. The van der Waals surface area contributed by atoms with Gasteiger partial charge in [0, 0.05) is 16.1 Å². The second kappa shape index (κ2) is 8.44. The van der Waals surface area contributed by atoms with Crippen molar-refractivity contribution >= 4 is 41.5 Å². The summed E-state index contributed by atoms with van der Waals surface area (Å²) < 4.78 is 5.15. The van der Waals surface area contributed by atoms with Gasteiger partial charge < -0.3 is 15.5 Å². The Balaban J connectivity index is 0.00000242. The molecule has 0 fully saturated rings. The van der Waals surface area contributed by atoms with E-state index in [0.29, 0.717) is 27.8 Å². The molecule has 0 saturated heterocycles. The zero-order valence-corrected chi connectivity index (χ0v) is 14.3. The Morgan fingerprint density at radius 3 is 2.68 bits per heavy atom. The first kappa shape index (κ1) is 18.8. The van der Waals surface area contributed by atoms with Crippen LogP contribution in [0.1, 0.15) is 28.6 Å². The van der Waals surface area contributed by atoms with Gasteiger partial charge in [0.25, 0.3) is 5.91 Å². The van der Waals surface area contributed by atoms with Gasteiger partial charge in [-0.3, -0.25) is 4.79 Å². The molecule has 2 rings (SSSR count). The first-order chi connectivity index (χ1) is 9.99. The van der Waals surface area contributed by atoms with Crippen LogP contribution in [0.5, 0.6) is 0 Å². The van der Waals surface area contributed by atoms with Crippen LogP contribution < -0.4 is 11.1 Å². The van der Waals surface area contributed by atoms with E-state index in [0.717, 1.165) is 5.56 Å². The van der Waals surface area contributed by atoms with Crippen LogP contribution in [0.25, 0.3) is 0 Å². The highest BCUT2D eigenvalue weighted by Gasteiger charge is 2.14. The largest absolute Gasteiger partial charge is 0.467 e. The number of nitrogens with two attached hydrogens (primary N) is 1. The lowest BCUT2D eigenvalue weighted by molar-refractivity contribution is 0.0939. The molecule has 0 saturated carbocycles. The van der Waals surface area contributed by atoms with Crippen molar-refractivity contribution in [1.29, 1.82) is 0 Å². The van der Waals surface area contributed by atoms with E-state index in [1.54, 1.807) is 18.2 Å². The predicted octanol–water partition coefficient (Wildman–Crippen LogP) is 3.83. The smallest absolute Gasteiger partial charge is 0.254 e. The van der Waals surface area contributed by atoms with Gasteiger partial charge in [-0.25, -0.2) is 0 Å². The number of amides is 1. The molecule has 0 aliphatic carbocycles. The Labute approximate surface area is 145 Å². The van der Waals surface area contributed by atoms with Crippen LogP contribution in [0.3, 0.4) is 0 Å². The number of carbonyl (C=O) groups excluding carboxylic acids is 1. The standard InChI is InChI=1S/C15H16Cl2N2O2.ClH/c1-9(4-10-2-3-12(16)6-14(10)17)19-15(20)11-5-13(7-18)21-8-11;/h2-3,5-6,8-9H,4,7,18H2,1H3,(H,19,20);1H. The molecule has 7 heteroatoms. The van der Waals surface area contributed by atoms with Crippen LogP contribution in [0.15, 0.2) is 34.9 Å². The van der Waals surface area contributed by atoms with Gasteiger partial charge in [-0.1, -0.05) is 29.3 Å². The molecule has 1 aromatic heterocycles. The van der Waals surface area contributed by atoms with Gasteiger partial charge in [-0.15, -0.1) is 12.4 Å². The lowest BCUT2D eigenvalue weighted by atomic mass is 10.1. The van der Waals surface area contributed by atoms with Crippen LogP contribution in [-0.4, -0.2) is 11.9 Å². The molecule has 0 bridgehead atoms. The first-order valence-corrected chi connectivity index (χ1v) is 7.27. The molecule has 22 heavy (non-hydrogen) atoms. The molecular weight excluding hydrogens is 347 g/mol. The molecule has 1 heterocycles. The number of furan rings is 1. The van der Waals surface area contributed by atoms with Crippen molar-refractivity contribution in [2.24, 2.45) is 5.73 Å². The summed E-state index contributed by atoms with van der Waals surface area (Å²) in [5.41, 5.74) is 6.84. The highest BCUT2D eigenvalue weighted by atomic mass is 35.5. The molecule has 1 atom stereocenters. The molecule has 1 unspecified atom stereocenters. The third-order valence-corrected chi connectivity index (χ3v) is 3.62. The van der Waals surface area contributed by atoms with Gasteiger partial charge in [-0.2, -0.15) is 0 Å². The Bertz CT molecular complexity index is 643. The number of halogens is 3. The summed E-state index contributed by atoms with van der Waals surface area (Å²) in [7, 11) is 0. The Morgan fingerprint density at radius 2 is 2.09 bits per heavy atom. The fourth-order valence-corrected chi connectivity index (χ4v) is 2.47. The highest BCUT2D eigenvalue weighted by Crippen LogP contribution is 2.22. The van der Waals surface area contributed by atoms with Crippen LogP contribution in [0.2, 0.25) is 10.0 Å². The SMILES string of the molecule is CC(Cc1ccc(Cl)cc1Cl)NC(=O)c1coc(CN)c1.Cl. The zero-order chi connectivity index (χ0) is 15.4. The maximum atomic E-state index is 12.0. The third kappa shape index (κ3) is 4.92. The maximum Gasteiger partial charge on any atom is 0.254 e. The Morgan fingerprint density at radius 1 is 1.36 bits per heavy atom. The molecule has 3 N–H and O–H groups in total. The fraction of sp³-hybridized carbons (Fsp3) is 0.267. The summed E-state index contributed by atoms with van der Waals surface area (Å²) in [5, 5.41) is 4.08. The van der Waals surface area contributed by atoms with Crippen molar-refractivity contribution < 1.29 is 9.21 Å². The van der Waals surface area contributed by atoms with Crippen molar-refractivity contribution in [3.63, 3.8) is 0 Å². The first-order valence-electron chi connectivity index (χ1n) is 6.52. The van der Waals surface area contributed by atoms with E-state index in [2.05, 4.69) is 5.32 Å². The van der Waals surface area contributed by atoms with E-state index in [9.17, 15) is 4.79 Å². The number of hydrogen-bond acceptors (Lipinski definition) is 3. The van der Waals surface area contributed by atoms with Crippen molar-refractivity contribution in [3.05, 3.63) is 57.5 Å². The second-order valence-corrected chi connectivity index (χ2v) is 5.66. The summed E-state index contributed by atoms with van der Waals surface area (Å²) in [6.45, 7) is 2.18. The summed E-state index contributed by atoms with van der Waals surface area (Å²) >= 11 is 12.0. The number of benzene rings is 1. The zero-order valence-electron chi connectivity index (χ0n) is 11.9. The topological polar surface area (TPSA) is 68.3 Å². The minimum Gasteiger partial charge on any atom is -0.467 e. The number of rotatable bonds is 5. The molecule has 0 spiro atoms. The van der Waals surface area contributed by atoms with Crippen molar-refractivity contribution in [2.75, 3.05) is 0 Å². The Hall–Kier alpha value is -1.20. The highest BCUT2D eigenvalue weighted by molar-refractivity contribution is 6.35. The molecular formula is C15H17Cl3N2O2. The lowest BCUT2D eigenvalue weighted by Gasteiger charge is -2.14. The molecule has 120 valence electrons. The van der Waals surface area contributed by atoms with E-state index < -0.39 is 0 Å². The average Bonchev–Trinajstić information content (AvgIpc) is 2.91. The molecule has 1 amide bonds. The summed E-state index contributed by atoms with van der Waals surface area (Å²) in [5.74, 6) is 0.379. The van der Waals surface area contributed by atoms with Crippen LogP contribution in [0, 0.1) is 0 Å². The number of hydrogen-bond donors (Lipinski definition) is 2. The van der Waals surface area contributed by atoms with E-state index in [4.69, 9.17) is 33.4 Å². The quantitative estimate of drug-likeness (QED) is 0.848. The van der Waals surface area contributed by atoms with Crippen molar-refractivity contribution in [2.45, 2.75) is 25.9 Å². The van der Waals surface area contributed by atoms with Gasteiger partial charge in [0.15, 0.2) is 0 Å². The van der Waals surface area contributed by atoms with E-state index in [-0.39, 0.29) is 30.9 Å². The Kier molecular flexibility index (Phi) is 7.23. The van der Waals surface area contributed by atoms with Crippen molar-refractivity contribution in [3.8, 4) is 0 Å². The molecule has 2 aromatic rings. The summed E-state index contributed by atoms with van der Waals surface area (Å²) in [4.78, 5) is 12.0. The summed E-state index contributed by atoms with van der Waals surface area (Å²) in [6, 6.07) is 6.89. The molecule has 4 nitrogen and oxygen atoms in total. The second-order valence-electron chi connectivity index (χ2n) is 4.82. The molecule has 0 aliphatic heterocycles. The van der Waals surface area contributed by atoms with Crippen LogP contribution in [-0.2, 0) is 13.0 Å². The summed E-state index contributed by atoms with van der Waals surface area (Å²) in [6.07, 6.45) is 2.02. The minimum atomic E-state index is -0.198. The maximum absolute atomic E-state index is 12.0. The number of nitrogens with one attached hydrogen (secondary N) is 1. The van der Waals surface area contributed by atoms with Gasteiger partial charge >= 0.3 is 0 Å². The van der Waals surface area contributed by atoms with Crippen LogP contribution >= 0.6 is 35.6 Å². The van der Waals surface area contributed by atoms with Crippen molar-refractivity contribution in [1.82, 2.24) is 5.32 Å². The third-order valence-electron chi connectivity index (χ3n) is 3.04. The van der Waals surface area contributed by atoms with Gasteiger partial charge in [0.2, 0.25) is 0 Å².